The van der Waals surface area contributed by atoms with E-state index in [1.165, 1.54) is 7.11 Å². The maximum absolute atomic E-state index is 12.4. The van der Waals surface area contributed by atoms with Crippen molar-refractivity contribution in [1.29, 1.82) is 0 Å². The van der Waals surface area contributed by atoms with E-state index in [9.17, 15) is 9.59 Å². The molecule has 5 nitrogen and oxygen atoms in total. The van der Waals surface area contributed by atoms with E-state index < -0.39 is 0 Å². The van der Waals surface area contributed by atoms with Crippen molar-refractivity contribution in [1.82, 2.24) is 4.90 Å². The monoisotopic (exact) mass is 338 g/mol. The van der Waals surface area contributed by atoms with Crippen LogP contribution in [0.2, 0.25) is 5.02 Å². The smallest absolute Gasteiger partial charge is 0.229 e. The minimum atomic E-state index is -0.316. The van der Waals surface area contributed by atoms with Crippen LogP contribution in [0.25, 0.3) is 0 Å². The van der Waals surface area contributed by atoms with Crippen molar-refractivity contribution in [2.75, 3.05) is 19.0 Å². The molecule has 0 saturated carbocycles. The molecular weight excluding hydrogens is 316 g/mol. The molecule has 1 unspecified atom stereocenters. The number of rotatable bonds is 6. The summed E-state index contributed by atoms with van der Waals surface area (Å²) in [4.78, 5) is 26.4. The van der Waals surface area contributed by atoms with Crippen molar-refractivity contribution in [3.05, 3.63) is 23.2 Å². The maximum atomic E-state index is 12.4. The summed E-state index contributed by atoms with van der Waals surface area (Å²) in [6.07, 6.45) is 2.08. The average Bonchev–Trinajstić information content (AvgIpc) is 2.91. The number of nitrogens with zero attached hydrogens (tertiary/aromatic N) is 1. The Hall–Kier alpha value is -1.75. The lowest BCUT2D eigenvalue weighted by Crippen LogP contribution is -2.36. The summed E-state index contributed by atoms with van der Waals surface area (Å²) in [6.45, 7) is 4.61. The zero-order chi connectivity index (χ0) is 17.0. The first kappa shape index (κ1) is 17.6. The number of methoxy groups -OCH3 is 1. The highest BCUT2D eigenvalue weighted by atomic mass is 35.5. The fraction of sp³-hybridized carbons (Fsp3) is 0.529. The van der Waals surface area contributed by atoms with Crippen LogP contribution in [0, 0.1) is 5.92 Å². The summed E-state index contributed by atoms with van der Waals surface area (Å²) in [5.41, 5.74) is 0.606. The lowest BCUT2D eigenvalue weighted by atomic mass is 10.1. The van der Waals surface area contributed by atoms with Crippen LogP contribution in [0.1, 0.15) is 33.1 Å². The molecule has 126 valence electrons. The number of nitrogens with one attached hydrogen (secondary N) is 1. The van der Waals surface area contributed by atoms with Gasteiger partial charge < -0.3 is 15.0 Å². The van der Waals surface area contributed by atoms with E-state index in [0.717, 1.165) is 12.8 Å². The maximum Gasteiger partial charge on any atom is 0.229 e. The molecule has 1 aromatic carbocycles. The van der Waals surface area contributed by atoms with Crippen LogP contribution in [-0.4, -0.2) is 36.4 Å². The van der Waals surface area contributed by atoms with Gasteiger partial charge in [0, 0.05) is 24.7 Å². The standard InChI is InChI=1S/C17H23ClN2O3/c1-4-13(5-2)20-10-11(8-16(20)21)17(22)19-12-6-7-15(23-3)14(18)9-12/h6-7,9,11,13H,4-5,8,10H2,1-3H3,(H,19,22). The molecule has 1 heterocycles. The van der Waals surface area contributed by atoms with Crippen molar-refractivity contribution in [3.63, 3.8) is 0 Å². The van der Waals surface area contributed by atoms with Crippen LogP contribution in [0.4, 0.5) is 5.69 Å². The van der Waals surface area contributed by atoms with E-state index in [2.05, 4.69) is 19.2 Å². The molecule has 2 amide bonds. The fourth-order valence-corrected chi connectivity index (χ4v) is 3.24. The highest BCUT2D eigenvalue weighted by molar-refractivity contribution is 6.32. The molecule has 1 atom stereocenters. The number of benzene rings is 1. The van der Waals surface area contributed by atoms with E-state index in [-0.39, 0.29) is 30.2 Å². The number of anilines is 1. The zero-order valence-corrected chi connectivity index (χ0v) is 14.5. The van der Waals surface area contributed by atoms with E-state index in [1.807, 2.05) is 4.90 Å². The largest absolute Gasteiger partial charge is 0.495 e. The Bertz CT molecular complexity index is 587. The van der Waals surface area contributed by atoms with Crippen LogP contribution < -0.4 is 10.1 Å². The van der Waals surface area contributed by atoms with Crippen molar-refractivity contribution in [2.24, 2.45) is 5.92 Å². The number of carbonyl (C=O) groups excluding carboxylic acids is 2. The van der Waals surface area contributed by atoms with E-state index >= 15 is 0 Å². The Labute approximate surface area is 141 Å². The van der Waals surface area contributed by atoms with E-state index in [4.69, 9.17) is 16.3 Å². The molecule has 0 bridgehead atoms. The van der Waals surface area contributed by atoms with Crippen LogP contribution in [0.3, 0.4) is 0 Å². The molecule has 1 aliphatic heterocycles. The summed E-state index contributed by atoms with van der Waals surface area (Å²) in [5.74, 6) is 0.157. The molecule has 1 fully saturated rings. The molecule has 0 radical (unpaired) electrons. The van der Waals surface area contributed by atoms with Gasteiger partial charge in [0.2, 0.25) is 11.8 Å². The highest BCUT2D eigenvalue weighted by Crippen LogP contribution is 2.28. The van der Waals surface area contributed by atoms with Gasteiger partial charge in [0.25, 0.3) is 0 Å². The first-order valence-electron chi connectivity index (χ1n) is 7.94. The number of hydrogen-bond acceptors (Lipinski definition) is 3. The molecule has 0 aliphatic carbocycles. The first-order chi connectivity index (χ1) is 11.0. The van der Waals surface area contributed by atoms with Gasteiger partial charge in [0.15, 0.2) is 0 Å². The van der Waals surface area contributed by atoms with Gasteiger partial charge in [0.1, 0.15) is 5.75 Å². The van der Waals surface area contributed by atoms with Crippen LogP contribution >= 0.6 is 11.6 Å². The number of hydrogen-bond donors (Lipinski definition) is 1. The van der Waals surface area contributed by atoms with Gasteiger partial charge >= 0.3 is 0 Å². The Morgan fingerprint density at radius 1 is 1.43 bits per heavy atom. The zero-order valence-electron chi connectivity index (χ0n) is 13.8. The van der Waals surface area contributed by atoms with Gasteiger partial charge in [-0.05, 0) is 31.0 Å². The Morgan fingerprint density at radius 2 is 2.13 bits per heavy atom. The molecule has 2 rings (SSSR count). The van der Waals surface area contributed by atoms with Crippen molar-refractivity contribution < 1.29 is 14.3 Å². The Balaban J connectivity index is 2.02. The SMILES string of the molecule is CCC(CC)N1CC(C(=O)Nc2ccc(OC)c(Cl)c2)CC1=O. The lowest BCUT2D eigenvalue weighted by molar-refractivity contribution is -0.130. The normalized spacial score (nSPS) is 17.7. The number of ether oxygens (including phenoxy) is 1. The predicted molar refractivity (Wildman–Crippen MR) is 90.8 cm³/mol. The summed E-state index contributed by atoms with van der Waals surface area (Å²) in [6, 6.07) is 5.30. The quantitative estimate of drug-likeness (QED) is 0.865. The molecule has 0 aromatic heterocycles. The van der Waals surface area contributed by atoms with Gasteiger partial charge in [-0.3, -0.25) is 9.59 Å². The van der Waals surface area contributed by atoms with Crippen molar-refractivity contribution in [2.45, 2.75) is 39.2 Å². The van der Waals surface area contributed by atoms with Gasteiger partial charge in [-0.15, -0.1) is 0 Å². The third-order valence-electron chi connectivity index (χ3n) is 4.33. The highest BCUT2D eigenvalue weighted by Gasteiger charge is 2.36. The Kier molecular flexibility index (Phi) is 5.88. The van der Waals surface area contributed by atoms with E-state index in [0.29, 0.717) is 23.0 Å². The van der Waals surface area contributed by atoms with Gasteiger partial charge in [0.05, 0.1) is 18.1 Å². The summed E-state index contributed by atoms with van der Waals surface area (Å²) in [7, 11) is 1.54. The molecule has 1 N–H and O–H groups in total. The fourth-order valence-electron chi connectivity index (χ4n) is 2.98. The van der Waals surface area contributed by atoms with Gasteiger partial charge in [-0.1, -0.05) is 25.4 Å². The Morgan fingerprint density at radius 3 is 2.70 bits per heavy atom. The second-order valence-corrected chi connectivity index (χ2v) is 6.16. The number of likely N-dealkylation sites (tertiary alicyclic amines) is 1. The van der Waals surface area contributed by atoms with Crippen LogP contribution in [0.5, 0.6) is 5.75 Å². The van der Waals surface area contributed by atoms with E-state index in [1.54, 1.807) is 18.2 Å². The lowest BCUT2D eigenvalue weighted by Gasteiger charge is -2.26. The first-order valence-corrected chi connectivity index (χ1v) is 8.31. The number of carbonyl (C=O) groups is 2. The number of amides is 2. The second kappa shape index (κ2) is 7.68. The molecular formula is C17H23ClN2O3. The molecule has 6 heteroatoms. The third kappa shape index (κ3) is 3.96. The third-order valence-corrected chi connectivity index (χ3v) is 4.63. The number of halogens is 1. The van der Waals surface area contributed by atoms with Crippen molar-refractivity contribution in [3.8, 4) is 5.75 Å². The molecule has 23 heavy (non-hydrogen) atoms. The minimum absolute atomic E-state index is 0.0617. The molecule has 1 aromatic rings. The second-order valence-electron chi connectivity index (χ2n) is 5.76. The van der Waals surface area contributed by atoms with Gasteiger partial charge in [-0.25, -0.2) is 0 Å². The molecule has 1 saturated heterocycles. The van der Waals surface area contributed by atoms with Crippen LogP contribution in [0.15, 0.2) is 18.2 Å². The van der Waals surface area contributed by atoms with Crippen LogP contribution in [-0.2, 0) is 9.59 Å². The topological polar surface area (TPSA) is 58.6 Å². The van der Waals surface area contributed by atoms with Gasteiger partial charge in [-0.2, -0.15) is 0 Å². The molecule has 0 spiro atoms. The predicted octanol–water partition coefficient (Wildman–Crippen LogP) is 3.32. The summed E-state index contributed by atoms with van der Waals surface area (Å²) in [5, 5.41) is 3.27. The summed E-state index contributed by atoms with van der Waals surface area (Å²) < 4.78 is 5.09. The van der Waals surface area contributed by atoms with Crippen molar-refractivity contribution >= 4 is 29.1 Å². The average molecular weight is 339 g/mol. The molecule has 1 aliphatic rings. The summed E-state index contributed by atoms with van der Waals surface area (Å²) >= 11 is 6.06. The minimum Gasteiger partial charge on any atom is -0.495 e.